The lowest BCUT2D eigenvalue weighted by atomic mass is 10.2. The van der Waals surface area contributed by atoms with E-state index < -0.39 is 5.91 Å². The van der Waals surface area contributed by atoms with E-state index >= 15 is 0 Å². The molecule has 0 radical (unpaired) electrons. The van der Waals surface area contributed by atoms with Crippen LogP contribution in [0, 0.1) is 0 Å². The molecule has 3 rings (SSSR count). The minimum atomic E-state index is -0.415. The topological polar surface area (TPSA) is 83.0 Å². The Kier molecular flexibility index (Phi) is 5.25. The van der Waals surface area contributed by atoms with Crippen LogP contribution in [0.1, 0.15) is 0 Å². The first-order valence-electron chi connectivity index (χ1n) is 7.35. The monoisotopic (exact) mass is 374 g/mol. The first-order valence-corrected chi connectivity index (χ1v) is 8.71. The maximum Gasteiger partial charge on any atom is 0.227 e. The second-order valence-corrected chi connectivity index (χ2v) is 6.48. The zero-order valence-corrected chi connectivity index (χ0v) is 14.9. The Balaban J connectivity index is 2.08. The van der Waals surface area contributed by atoms with Gasteiger partial charge in [-0.2, -0.15) is 0 Å². The molecule has 1 aromatic heterocycles. The maximum absolute atomic E-state index is 11.1. The molecule has 25 heavy (non-hydrogen) atoms. The van der Waals surface area contributed by atoms with Crippen LogP contribution in [0.15, 0.2) is 53.7 Å². The molecule has 0 saturated carbocycles. The molecule has 0 fully saturated rings. The van der Waals surface area contributed by atoms with E-state index in [2.05, 4.69) is 10.2 Å². The number of benzene rings is 2. The number of hydrogen-bond acceptors (Lipinski definition) is 5. The first kappa shape index (κ1) is 17.3. The summed E-state index contributed by atoms with van der Waals surface area (Å²) in [7, 11) is 1.61. The van der Waals surface area contributed by atoms with Gasteiger partial charge < -0.3 is 10.5 Å². The zero-order chi connectivity index (χ0) is 17.8. The zero-order valence-electron chi connectivity index (χ0n) is 13.3. The van der Waals surface area contributed by atoms with E-state index in [1.807, 2.05) is 41.0 Å². The molecular formula is C17H15ClN4O2S. The molecule has 0 atom stereocenters. The van der Waals surface area contributed by atoms with Gasteiger partial charge in [-0.05, 0) is 48.5 Å². The van der Waals surface area contributed by atoms with Gasteiger partial charge in [0, 0.05) is 16.3 Å². The average molecular weight is 375 g/mol. The van der Waals surface area contributed by atoms with Crippen molar-refractivity contribution in [1.82, 2.24) is 14.8 Å². The van der Waals surface area contributed by atoms with E-state index in [1.165, 1.54) is 11.8 Å². The maximum atomic E-state index is 11.1. The Morgan fingerprint density at radius 1 is 1.16 bits per heavy atom. The predicted octanol–water partition coefficient (Wildman–Crippen LogP) is 3.17. The molecule has 0 spiro atoms. The normalized spacial score (nSPS) is 10.6. The quantitative estimate of drug-likeness (QED) is 0.670. The number of rotatable bonds is 6. The number of hydrogen-bond donors (Lipinski definition) is 1. The predicted molar refractivity (Wildman–Crippen MR) is 98.3 cm³/mol. The van der Waals surface area contributed by atoms with Gasteiger partial charge in [-0.3, -0.25) is 9.36 Å². The molecule has 1 heterocycles. The van der Waals surface area contributed by atoms with Crippen LogP contribution in [-0.4, -0.2) is 33.5 Å². The highest BCUT2D eigenvalue weighted by atomic mass is 35.5. The highest BCUT2D eigenvalue weighted by Crippen LogP contribution is 2.29. The third-order valence-electron chi connectivity index (χ3n) is 3.41. The van der Waals surface area contributed by atoms with Gasteiger partial charge in [-0.15, -0.1) is 10.2 Å². The molecule has 0 saturated heterocycles. The molecule has 8 heteroatoms. The Morgan fingerprint density at radius 2 is 1.84 bits per heavy atom. The fourth-order valence-electron chi connectivity index (χ4n) is 2.25. The second kappa shape index (κ2) is 7.58. The summed E-state index contributed by atoms with van der Waals surface area (Å²) in [5.41, 5.74) is 6.96. The van der Waals surface area contributed by atoms with Crippen LogP contribution in [-0.2, 0) is 4.79 Å². The summed E-state index contributed by atoms with van der Waals surface area (Å²) in [6.45, 7) is 0. The summed E-state index contributed by atoms with van der Waals surface area (Å²) in [6, 6.07) is 14.8. The van der Waals surface area contributed by atoms with E-state index in [0.29, 0.717) is 16.0 Å². The third-order valence-corrected chi connectivity index (χ3v) is 4.61. The number of ether oxygens (including phenoxy) is 1. The van der Waals surface area contributed by atoms with Gasteiger partial charge in [0.1, 0.15) is 5.75 Å². The molecule has 0 bridgehead atoms. The Bertz CT molecular complexity index is 879. The smallest absolute Gasteiger partial charge is 0.227 e. The lowest BCUT2D eigenvalue weighted by Crippen LogP contribution is -2.13. The number of thioether (sulfide) groups is 1. The van der Waals surface area contributed by atoms with E-state index in [-0.39, 0.29) is 5.75 Å². The van der Waals surface area contributed by atoms with E-state index in [1.54, 1.807) is 19.2 Å². The van der Waals surface area contributed by atoms with Gasteiger partial charge >= 0.3 is 0 Å². The summed E-state index contributed by atoms with van der Waals surface area (Å²) in [5.74, 6) is 1.10. The molecule has 0 aliphatic heterocycles. The van der Waals surface area contributed by atoms with Crippen molar-refractivity contribution in [3.8, 4) is 22.8 Å². The van der Waals surface area contributed by atoms with Gasteiger partial charge in [-0.25, -0.2) is 0 Å². The summed E-state index contributed by atoms with van der Waals surface area (Å²) in [6.07, 6.45) is 0. The number of aromatic nitrogens is 3. The van der Waals surface area contributed by atoms with E-state index in [4.69, 9.17) is 22.1 Å². The number of nitrogens with zero attached hydrogens (tertiary/aromatic N) is 3. The van der Waals surface area contributed by atoms with Crippen LogP contribution in [0.2, 0.25) is 5.02 Å². The molecule has 1 amide bonds. The number of carbonyl (C=O) groups is 1. The Labute approximate surface area is 154 Å². The Morgan fingerprint density at radius 3 is 2.44 bits per heavy atom. The van der Waals surface area contributed by atoms with Crippen molar-refractivity contribution in [2.24, 2.45) is 5.73 Å². The highest BCUT2D eigenvalue weighted by molar-refractivity contribution is 7.99. The fourth-order valence-corrected chi connectivity index (χ4v) is 3.07. The standard InChI is InChI=1S/C17H15ClN4O2S/c1-24-14-8-6-13(7-9-14)22-16(11-2-4-12(18)5-3-11)20-21-17(22)25-10-15(19)23/h2-9H,10H2,1H3,(H2,19,23). The second-order valence-electron chi connectivity index (χ2n) is 5.10. The Hall–Kier alpha value is -2.51. The number of primary amides is 1. The van der Waals surface area contributed by atoms with Gasteiger partial charge in [0.2, 0.25) is 5.91 Å². The first-order chi connectivity index (χ1) is 12.1. The van der Waals surface area contributed by atoms with Crippen molar-refractivity contribution < 1.29 is 9.53 Å². The fraction of sp³-hybridized carbons (Fsp3) is 0.118. The van der Waals surface area contributed by atoms with Crippen molar-refractivity contribution in [2.45, 2.75) is 5.16 Å². The minimum absolute atomic E-state index is 0.120. The lowest BCUT2D eigenvalue weighted by molar-refractivity contribution is -0.115. The molecule has 3 aromatic rings. The van der Waals surface area contributed by atoms with Crippen LogP contribution in [0.3, 0.4) is 0 Å². The molecule has 2 aromatic carbocycles. The van der Waals surface area contributed by atoms with Gasteiger partial charge in [0.05, 0.1) is 12.9 Å². The molecular weight excluding hydrogens is 360 g/mol. The van der Waals surface area contributed by atoms with E-state index in [0.717, 1.165) is 17.0 Å². The van der Waals surface area contributed by atoms with Crippen molar-refractivity contribution in [1.29, 1.82) is 0 Å². The van der Waals surface area contributed by atoms with Gasteiger partial charge in [-0.1, -0.05) is 23.4 Å². The van der Waals surface area contributed by atoms with Crippen molar-refractivity contribution in [2.75, 3.05) is 12.9 Å². The van der Waals surface area contributed by atoms with Crippen molar-refractivity contribution in [3.05, 3.63) is 53.6 Å². The van der Waals surface area contributed by atoms with Crippen LogP contribution < -0.4 is 10.5 Å². The molecule has 128 valence electrons. The summed E-state index contributed by atoms with van der Waals surface area (Å²) < 4.78 is 7.07. The van der Waals surface area contributed by atoms with Crippen molar-refractivity contribution in [3.63, 3.8) is 0 Å². The van der Waals surface area contributed by atoms with Crippen molar-refractivity contribution >= 4 is 29.3 Å². The number of halogens is 1. The molecule has 6 nitrogen and oxygen atoms in total. The van der Waals surface area contributed by atoms with Crippen LogP contribution in [0.5, 0.6) is 5.75 Å². The van der Waals surface area contributed by atoms with Crippen LogP contribution in [0.25, 0.3) is 17.1 Å². The number of amides is 1. The number of carbonyl (C=O) groups excluding carboxylic acids is 1. The number of methoxy groups -OCH3 is 1. The molecule has 0 aliphatic rings. The summed E-state index contributed by atoms with van der Waals surface area (Å²) >= 11 is 7.20. The average Bonchev–Trinajstić information content (AvgIpc) is 3.04. The molecule has 0 aliphatic carbocycles. The SMILES string of the molecule is COc1ccc(-n2c(SCC(N)=O)nnc2-c2ccc(Cl)cc2)cc1. The van der Waals surface area contributed by atoms with E-state index in [9.17, 15) is 4.79 Å². The van der Waals surface area contributed by atoms with Gasteiger partial charge in [0.15, 0.2) is 11.0 Å². The molecule has 2 N–H and O–H groups in total. The minimum Gasteiger partial charge on any atom is -0.497 e. The highest BCUT2D eigenvalue weighted by Gasteiger charge is 2.17. The van der Waals surface area contributed by atoms with Crippen LogP contribution >= 0.6 is 23.4 Å². The summed E-state index contributed by atoms with van der Waals surface area (Å²) in [5, 5.41) is 9.71. The lowest BCUT2D eigenvalue weighted by Gasteiger charge is -2.11. The van der Waals surface area contributed by atoms with Gasteiger partial charge in [0.25, 0.3) is 0 Å². The van der Waals surface area contributed by atoms with Crippen LogP contribution in [0.4, 0.5) is 0 Å². The molecule has 0 unspecified atom stereocenters. The third kappa shape index (κ3) is 3.94. The summed E-state index contributed by atoms with van der Waals surface area (Å²) in [4.78, 5) is 11.1. The number of nitrogens with two attached hydrogens (primary N) is 1. The largest absolute Gasteiger partial charge is 0.497 e.